The quantitative estimate of drug-likeness (QED) is 0.168. The number of aryl methyl sites for hydroxylation is 4. The maximum atomic E-state index is 7.02. The van der Waals surface area contributed by atoms with Crippen molar-refractivity contribution in [1.29, 1.82) is 0 Å². The Morgan fingerprint density at radius 1 is 0.355 bits per heavy atom. The fourth-order valence-electron chi connectivity index (χ4n) is 9.83. The second-order valence-corrected chi connectivity index (χ2v) is 18.2. The van der Waals surface area contributed by atoms with Crippen molar-refractivity contribution in [3.05, 3.63) is 192 Å². The molecule has 0 saturated heterocycles. The molecule has 0 radical (unpaired) electrons. The summed E-state index contributed by atoms with van der Waals surface area (Å²) in [5.74, 6) is 0. The van der Waals surface area contributed by atoms with Crippen LogP contribution in [-0.4, -0.2) is 0 Å². The number of hydrogen-bond donors (Lipinski definition) is 0. The number of furan rings is 2. The van der Waals surface area contributed by atoms with Crippen LogP contribution in [0.25, 0.3) is 65.4 Å². The number of rotatable bonds is 6. The first kappa shape index (κ1) is 37.7. The summed E-state index contributed by atoms with van der Waals surface area (Å²) in [6.07, 6.45) is 0. The van der Waals surface area contributed by atoms with Crippen LogP contribution in [0.4, 0.5) is 34.1 Å². The third-order valence-corrected chi connectivity index (χ3v) is 12.3. The van der Waals surface area contributed by atoms with E-state index in [0.29, 0.717) is 0 Å². The first-order valence-corrected chi connectivity index (χ1v) is 21.6. The van der Waals surface area contributed by atoms with Crippen molar-refractivity contribution < 1.29 is 8.83 Å². The van der Waals surface area contributed by atoms with Crippen molar-refractivity contribution in [2.45, 2.75) is 53.9 Å². The van der Waals surface area contributed by atoms with Crippen LogP contribution in [0.3, 0.4) is 0 Å². The molecule has 0 unspecified atom stereocenters. The standard InChI is InChI=1S/C58H48N2O2/c1-35-22-36(2)25-47(24-35)59(43-14-10-8-11-15-43)45-20-18-39-30-49-50-34-54-55(56(58(5,6)7)57(50)62-52(49)32-41(39)28-45)51-31-40-19-21-46(29-42(40)33-53(51)61-54)60(44-16-12-9-13-17-44)48-26-37(3)23-38(4)27-48/h8-34H,1-7H3. The third kappa shape index (κ3) is 6.37. The van der Waals surface area contributed by atoms with E-state index in [-0.39, 0.29) is 5.41 Å². The molecule has 0 N–H and O–H groups in total. The zero-order valence-corrected chi connectivity index (χ0v) is 36.3. The van der Waals surface area contributed by atoms with Crippen molar-refractivity contribution in [2.75, 3.05) is 9.80 Å². The van der Waals surface area contributed by atoms with E-state index in [1.54, 1.807) is 0 Å². The molecule has 0 fully saturated rings. The average Bonchev–Trinajstić information content (AvgIpc) is 3.77. The molecule has 11 aromatic rings. The molecule has 2 heterocycles. The molecule has 0 aliphatic rings. The van der Waals surface area contributed by atoms with Crippen LogP contribution < -0.4 is 9.80 Å². The van der Waals surface area contributed by atoms with Gasteiger partial charge in [-0.05, 0) is 180 Å². The first-order chi connectivity index (χ1) is 29.9. The molecule has 2 aromatic heterocycles. The van der Waals surface area contributed by atoms with Gasteiger partial charge in [0.25, 0.3) is 0 Å². The summed E-state index contributed by atoms with van der Waals surface area (Å²) >= 11 is 0. The van der Waals surface area contributed by atoms with E-state index in [0.717, 1.165) is 105 Å². The molecule has 302 valence electrons. The summed E-state index contributed by atoms with van der Waals surface area (Å²) < 4.78 is 13.9. The van der Waals surface area contributed by atoms with E-state index in [4.69, 9.17) is 8.83 Å². The second-order valence-electron chi connectivity index (χ2n) is 18.2. The molecule has 9 aromatic carbocycles. The van der Waals surface area contributed by atoms with Gasteiger partial charge in [-0.15, -0.1) is 0 Å². The van der Waals surface area contributed by atoms with E-state index in [1.807, 2.05) is 0 Å². The Kier molecular flexibility index (Phi) is 8.59. The molecule has 0 aliphatic carbocycles. The van der Waals surface area contributed by atoms with Gasteiger partial charge in [0.15, 0.2) is 0 Å². The predicted molar refractivity (Wildman–Crippen MR) is 263 cm³/mol. The van der Waals surface area contributed by atoms with Gasteiger partial charge in [0.1, 0.15) is 22.3 Å². The van der Waals surface area contributed by atoms with Gasteiger partial charge in [-0.1, -0.05) is 81.4 Å². The lowest BCUT2D eigenvalue weighted by Gasteiger charge is -2.26. The van der Waals surface area contributed by atoms with Gasteiger partial charge < -0.3 is 18.6 Å². The van der Waals surface area contributed by atoms with Crippen molar-refractivity contribution in [1.82, 2.24) is 0 Å². The maximum absolute atomic E-state index is 7.02. The van der Waals surface area contributed by atoms with E-state index in [1.165, 1.54) is 22.3 Å². The van der Waals surface area contributed by atoms with Crippen molar-refractivity contribution >= 4 is 99.5 Å². The molecule has 0 saturated carbocycles. The minimum Gasteiger partial charge on any atom is -0.456 e. The van der Waals surface area contributed by atoms with Crippen LogP contribution in [0.15, 0.2) is 173 Å². The highest BCUT2D eigenvalue weighted by Gasteiger charge is 2.28. The van der Waals surface area contributed by atoms with Crippen molar-refractivity contribution in [3.8, 4) is 0 Å². The van der Waals surface area contributed by atoms with Crippen LogP contribution in [-0.2, 0) is 5.41 Å². The van der Waals surface area contributed by atoms with Crippen LogP contribution >= 0.6 is 0 Å². The molecular formula is C58H48N2O2. The van der Waals surface area contributed by atoms with Gasteiger partial charge in [-0.3, -0.25) is 0 Å². The van der Waals surface area contributed by atoms with Crippen LogP contribution in [0, 0.1) is 27.7 Å². The number of hydrogen-bond acceptors (Lipinski definition) is 4. The Morgan fingerprint density at radius 3 is 1.31 bits per heavy atom. The summed E-state index contributed by atoms with van der Waals surface area (Å²) in [5, 5.41) is 8.95. The largest absolute Gasteiger partial charge is 0.456 e. The number of nitrogens with zero attached hydrogens (tertiary/aromatic N) is 2. The van der Waals surface area contributed by atoms with Crippen molar-refractivity contribution in [2.24, 2.45) is 0 Å². The Labute approximate surface area is 362 Å². The summed E-state index contributed by atoms with van der Waals surface area (Å²) in [7, 11) is 0. The molecule has 4 heteroatoms. The van der Waals surface area contributed by atoms with E-state index in [9.17, 15) is 0 Å². The first-order valence-electron chi connectivity index (χ1n) is 21.6. The smallest absolute Gasteiger partial charge is 0.140 e. The lowest BCUT2D eigenvalue weighted by Crippen LogP contribution is -2.12. The highest BCUT2D eigenvalue weighted by Crippen LogP contribution is 2.47. The van der Waals surface area contributed by atoms with Crippen LogP contribution in [0.5, 0.6) is 0 Å². The number of anilines is 6. The number of para-hydroxylation sites is 2. The minimum absolute atomic E-state index is 0.238. The van der Waals surface area contributed by atoms with Gasteiger partial charge in [-0.25, -0.2) is 0 Å². The monoisotopic (exact) mass is 804 g/mol. The Bertz CT molecular complexity index is 3400. The second kappa shape index (κ2) is 14.1. The van der Waals surface area contributed by atoms with Crippen molar-refractivity contribution in [3.63, 3.8) is 0 Å². The summed E-state index contributed by atoms with van der Waals surface area (Å²) in [5.41, 5.74) is 16.1. The number of benzene rings is 9. The lowest BCUT2D eigenvalue weighted by molar-refractivity contribution is 0.577. The zero-order chi connectivity index (χ0) is 42.4. The molecule has 4 nitrogen and oxygen atoms in total. The average molecular weight is 805 g/mol. The van der Waals surface area contributed by atoms with Gasteiger partial charge >= 0.3 is 0 Å². The van der Waals surface area contributed by atoms with Gasteiger partial charge in [0.2, 0.25) is 0 Å². The highest BCUT2D eigenvalue weighted by molar-refractivity contribution is 6.20. The molecule has 62 heavy (non-hydrogen) atoms. The van der Waals surface area contributed by atoms with Crippen LogP contribution in [0.1, 0.15) is 48.6 Å². The zero-order valence-electron chi connectivity index (χ0n) is 36.3. The van der Waals surface area contributed by atoms with Gasteiger partial charge in [0.05, 0.1) is 0 Å². The highest BCUT2D eigenvalue weighted by atomic mass is 16.3. The molecule has 0 spiro atoms. The predicted octanol–water partition coefficient (Wildman–Crippen LogP) is 17.3. The number of fused-ring (bicyclic) bond motifs is 8. The molecule has 0 amide bonds. The normalized spacial score (nSPS) is 12.1. The topological polar surface area (TPSA) is 32.8 Å². The minimum atomic E-state index is -0.238. The lowest BCUT2D eigenvalue weighted by atomic mass is 9.82. The summed E-state index contributed by atoms with van der Waals surface area (Å²) in [6.45, 7) is 15.5. The molecule has 0 bridgehead atoms. The summed E-state index contributed by atoms with van der Waals surface area (Å²) in [4.78, 5) is 4.68. The molecule has 0 atom stereocenters. The van der Waals surface area contributed by atoms with E-state index in [2.05, 4.69) is 222 Å². The van der Waals surface area contributed by atoms with Crippen LogP contribution in [0.2, 0.25) is 0 Å². The maximum Gasteiger partial charge on any atom is 0.140 e. The van der Waals surface area contributed by atoms with Gasteiger partial charge in [0, 0.05) is 61.2 Å². The molecular weight excluding hydrogens is 757 g/mol. The third-order valence-electron chi connectivity index (χ3n) is 12.3. The Hall–Kier alpha value is -7.30. The van der Waals surface area contributed by atoms with E-state index < -0.39 is 0 Å². The van der Waals surface area contributed by atoms with Gasteiger partial charge in [-0.2, -0.15) is 0 Å². The fraction of sp³-hybridized carbons (Fsp3) is 0.138. The Balaban J connectivity index is 1.07. The summed E-state index contributed by atoms with van der Waals surface area (Å²) in [6, 6.07) is 59.5. The SMILES string of the molecule is Cc1cc(C)cc(N(c2ccccc2)c2ccc3cc4c(cc3c2)oc2c(C(C)(C)C)c3c(cc24)oc2cc4cc(N(c5ccccc5)c5cc(C)cc(C)c5)ccc4cc23)c1. The van der Waals surface area contributed by atoms with E-state index >= 15 is 0 Å². The Morgan fingerprint density at radius 2 is 0.823 bits per heavy atom. The molecule has 11 rings (SSSR count). The molecule has 0 aliphatic heterocycles. The fourth-order valence-corrected chi connectivity index (χ4v) is 9.83.